The van der Waals surface area contributed by atoms with Crippen LogP contribution in [0.15, 0.2) is 164 Å². The first-order chi connectivity index (χ1) is 24.2. The maximum atomic E-state index is 4.67. The molecule has 9 aromatic rings. The molecule has 0 aliphatic carbocycles. The highest BCUT2D eigenvalue weighted by Crippen LogP contribution is 2.40. The number of para-hydroxylation sites is 3. The van der Waals surface area contributed by atoms with Crippen LogP contribution < -0.4 is 15.5 Å². The number of H-pyrrole nitrogens is 1. The predicted molar refractivity (Wildman–Crippen MR) is 208 cm³/mol. The Kier molecular flexibility index (Phi) is 6.03. The molecular formula is C46H31N3. The van der Waals surface area contributed by atoms with E-state index in [1.54, 1.807) is 0 Å². The third-order valence-electron chi connectivity index (χ3n) is 9.99. The Hall–Kier alpha value is -6.58. The Morgan fingerprint density at radius 1 is 0.510 bits per heavy atom. The molecule has 230 valence electrons. The van der Waals surface area contributed by atoms with E-state index in [1.165, 1.54) is 43.5 Å². The molecule has 1 aliphatic rings. The largest absolute Gasteiger partial charge is 0.353 e. The van der Waals surface area contributed by atoms with E-state index < -0.39 is 0 Å². The minimum atomic E-state index is 0.975. The molecule has 0 saturated heterocycles. The van der Waals surface area contributed by atoms with Gasteiger partial charge >= 0.3 is 0 Å². The molecular weight excluding hydrogens is 595 g/mol. The van der Waals surface area contributed by atoms with E-state index in [0.717, 1.165) is 49.8 Å². The number of hydrogen-bond donors (Lipinski definition) is 1. The Morgan fingerprint density at radius 3 is 2.12 bits per heavy atom. The minimum absolute atomic E-state index is 0.975. The van der Waals surface area contributed by atoms with E-state index in [4.69, 9.17) is 0 Å². The van der Waals surface area contributed by atoms with Crippen LogP contribution in [0.3, 0.4) is 0 Å². The fraction of sp³-hybridized carbons (Fsp3) is 0. The van der Waals surface area contributed by atoms with Gasteiger partial charge in [-0.05, 0) is 94.2 Å². The fourth-order valence-corrected chi connectivity index (χ4v) is 7.62. The number of aromatic nitrogens is 2. The number of hydrogen-bond acceptors (Lipinski definition) is 1. The second kappa shape index (κ2) is 10.7. The maximum Gasteiger partial charge on any atom is 0.0634 e. The molecule has 0 amide bonds. The summed E-state index contributed by atoms with van der Waals surface area (Å²) in [6.45, 7) is 4.67. The average molecular weight is 626 g/mol. The van der Waals surface area contributed by atoms with Crippen molar-refractivity contribution in [1.82, 2.24) is 9.55 Å². The highest BCUT2D eigenvalue weighted by molar-refractivity contribution is 6.10. The van der Waals surface area contributed by atoms with Gasteiger partial charge in [-0.15, -0.1) is 0 Å². The Morgan fingerprint density at radius 2 is 1.22 bits per heavy atom. The SMILES string of the molecule is C=C1/C=c2\c([nH]c3ccccc23)=C/N(c2ccc3ccccc3c2)c2ccc(-c3ccc4c(c3)c3ccccc3n4-c3ccccc3)cc21. The number of nitrogens with one attached hydrogen (secondary N) is 1. The van der Waals surface area contributed by atoms with E-state index >= 15 is 0 Å². The van der Waals surface area contributed by atoms with Crippen LogP contribution >= 0.6 is 0 Å². The van der Waals surface area contributed by atoms with Crippen LogP contribution in [0.1, 0.15) is 5.56 Å². The molecule has 2 aromatic heterocycles. The van der Waals surface area contributed by atoms with Gasteiger partial charge in [0, 0.05) is 50.0 Å². The van der Waals surface area contributed by atoms with Gasteiger partial charge < -0.3 is 14.5 Å². The fourth-order valence-electron chi connectivity index (χ4n) is 7.62. The molecule has 7 aromatic carbocycles. The summed E-state index contributed by atoms with van der Waals surface area (Å²) in [5.74, 6) is 0. The lowest BCUT2D eigenvalue weighted by Crippen LogP contribution is -2.28. The second-order valence-corrected chi connectivity index (χ2v) is 12.9. The van der Waals surface area contributed by atoms with Crippen LogP contribution in [-0.4, -0.2) is 9.55 Å². The van der Waals surface area contributed by atoms with Gasteiger partial charge in [0.15, 0.2) is 0 Å². The number of aromatic amines is 1. The van der Waals surface area contributed by atoms with E-state index in [-0.39, 0.29) is 0 Å². The van der Waals surface area contributed by atoms with Crippen LogP contribution in [0.5, 0.6) is 0 Å². The maximum absolute atomic E-state index is 4.67. The summed E-state index contributed by atoms with van der Waals surface area (Å²) in [4.78, 5) is 6.00. The third-order valence-corrected chi connectivity index (χ3v) is 9.99. The highest BCUT2D eigenvalue weighted by Gasteiger charge is 2.19. The van der Waals surface area contributed by atoms with Gasteiger partial charge in [0.25, 0.3) is 0 Å². The predicted octanol–water partition coefficient (Wildman–Crippen LogP) is 10.5. The lowest BCUT2D eigenvalue weighted by molar-refractivity contribution is 1.18. The molecule has 0 spiro atoms. The van der Waals surface area contributed by atoms with Gasteiger partial charge in [-0.3, -0.25) is 0 Å². The van der Waals surface area contributed by atoms with E-state index in [0.29, 0.717) is 0 Å². The molecule has 0 bridgehead atoms. The van der Waals surface area contributed by atoms with E-state index in [2.05, 4.69) is 191 Å². The van der Waals surface area contributed by atoms with Crippen molar-refractivity contribution in [3.05, 3.63) is 180 Å². The third kappa shape index (κ3) is 4.37. The molecule has 10 rings (SSSR count). The minimum Gasteiger partial charge on any atom is -0.353 e. The number of rotatable bonds is 3. The highest BCUT2D eigenvalue weighted by atomic mass is 15.1. The zero-order valence-corrected chi connectivity index (χ0v) is 26.8. The lowest BCUT2D eigenvalue weighted by Gasteiger charge is -2.26. The van der Waals surface area contributed by atoms with Gasteiger partial charge in [-0.1, -0.05) is 104 Å². The lowest BCUT2D eigenvalue weighted by atomic mass is 9.95. The summed E-state index contributed by atoms with van der Waals surface area (Å²) < 4.78 is 2.36. The van der Waals surface area contributed by atoms with Crippen molar-refractivity contribution in [3.8, 4) is 16.8 Å². The van der Waals surface area contributed by atoms with Crippen molar-refractivity contribution < 1.29 is 0 Å². The first kappa shape index (κ1) is 27.5. The Bertz CT molecular complexity index is 2910. The molecule has 3 heterocycles. The normalized spacial score (nSPS) is 14.2. The van der Waals surface area contributed by atoms with Crippen molar-refractivity contribution in [2.75, 3.05) is 4.90 Å². The molecule has 0 radical (unpaired) electrons. The monoisotopic (exact) mass is 625 g/mol. The van der Waals surface area contributed by atoms with Crippen molar-refractivity contribution in [1.29, 1.82) is 0 Å². The number of allylic oxidation sites excluding steroid dienone is 1. The smallest absolute Gasteiger partial charge is 0.0634 e. The van der Waals surface area contributed by atoms with E-state index in [9.17, 15) is 0 Å². The van der Waals surface area contributed by atoms with Gasteiger partial charge in [0.1, 0.15) is 0 Å². The molecule has 1 aliphatic heterocycles. The van der Waals surface area contributed by atoms with Crippen molar-refractivity contribution >= 4 is 72.7 Å². The van der Waals surface area contributed by atoms with Gasteiger partial charge in [-0.2, -0.15) is 0 Å². The molecule has 3 heteroatoms. The van der Waals surface area contributed by atoms with Gasteiger partial charge in [0.05, 0.1) is 22.1 Å². The number of benzene rings is 7. The van der Waals surface area contributed by atoms with Crippen LogP contribution in [-0.2, 0) is 0 Å². The molecule has 1 N–H and O–H groups in total. The summed E-state index contributed by atoms with van der Waals surface area (Å²) in [5.41, 5.74) is 11.3. The Labute approximate surface area is 283 Å². The molecule has 0 atom stereocenters. The zero-order chi connectivity index (χ0) is 32.5. The topological polar surface area (TPSA) is 24.0 Å². The van der Waals surface area contributed by atoms with Crippen LogP contribution in [0.4, 0.5) is 11.4 Å². The number of fused-ring (bicyclic) bond motifs is 8. The van der Waals surface area contributed by atoms with Crippen LogP contribution in [0, 0.1) is 0 Å². The molecule has 0 unspecified atom stereocenters. The second-order valence-electron chi connectivity index (χ2n) is 12.9. The summed E-state index contributed by atoms with van der Waals surface area (Å²) in [6.07, 6.45) is 4.48. The van der Waals surface area contributed by atoms with Crippen molar-refractivity contribution in [2.24, 2.45) is 0 Å². The van der Waals surface area contributed by atoms with Gasteiger partial charge in [0.2, 0.25) is 0 Å². The average Bonchev–Trinajstić information content (AvgIpc) is 3.67. The summed E-state index contributed by atoms with van der Waals surface area (Å²) in [6, 6.07) is 56.7. The van der Waals surface area contributed by atoms with Gasteiger partial charge in [-0.25, -0.2) is 0 Å². The summed E-state index contributed by atoms with van der Waals surface area (Å²) in [5, 5.41) is 8.32. The first-order valence-corrected chi connectivity index (χ1v) is 16.7. The molecule has 0 saturated carbocycles. The van der Waals surface area contributed by atoms with Crippen LogP contribution in [0.2, 0.25) is 0 Å². The van der Waals surface area contributed by atoms with Crippen molar-refractivity contribution in [2.45, 2.75) is 0 Å². The Balaban J connectivity index is 1.19. The molecule has 3 nitrogen and oxygen atoms in total. The van der Waals surface area contributed by atoms with Crippen LogP contribution in [0.25, 0.3) is 78.1 Å². The van der Waals surface area contributed by atoms with E-state index in [1.807, 2.05) is 0 Å². The molecule has 49 heavy (non-hydrogen) atoms. The molecule has 0 fully saturated rings. The number of anilines is 2. The standard InChI is InChI=1S/C46H31N3/c1-30-25-40-37-15-7-9-17-42(37)47-43(40)29-48(36-22-19-31-11-5-6-12-32(31)26-36)44-23-20-33(27-39(30)44)34-21-24-46-41(28-34)38-16-8-10-18-45(38)49(46)35-13-3-2-4-14-35/h2-29,47H,1H2/b40-25-,43-29+. The summed E-state index contributed by atoms with van der Waals surface area (Å²) >= 11 is 0. The first-order valence-electron chi connectivity index (χ1n) is 16.7. The summed E-state index contributed by atoms with van der Waals surface area (Å²) in [7, 11) is 0. The van der Waals surface area contributed by atoms with Crippen molar-refractivity contribution in [3.63, 3.8) is 0 Å². The zero-order valence-electron chi connectivity index (χ0n) is 26.8. The number of nitrogens with zero attached hydrogens (tertiary/aromatic N) is 2. The quantitative estimate of drug-likeness (QED) is 0.208.